The SMILES string of the molecule is CC(NC(=O)c1ccc(F)cc1C#CCN)c1ccco1. The van der Waals surface area contributed by atoms with Crippen molar-refractivity contribution < 1.29 is 13.6 Å². The molecular formula is C16H15FN2O2. The molecule has 0 aliphatic heterocycles. The average molecular weight is 286 g/mol. The molecule has 0 saturated heterocycles. The lowest BCUT2D eigenvalue weighted by Crippen LogP contribution is -2.27. The first kappa shape index (κ1) is 14.8. The van der Waals surface area contributed by atoms with Gasteiger partial charge in [-0.15, -0.1) is 0 Å². The first-order valence-electron chi connectivity index (χ1n) is 6.44. The van der Waals surface area contributed by atoms with E-state index in [0.717, 1.165) is 0 Å². The van der Waals surface area contributed by atoms with Gasteiger partial charge in [-0.25, -0.2) is 4.39 Å². The highest BCUT2D eigenvalue weighted by molar-refractivity contribution is 5.96. The van der Waals surface area contributed by atoms with Gasteiger partial charge >= 0.3 is 0 Å². The van der Waals surface area contributed by atoms with E-state index in [-0.39, 0.29) is 18.5 Å². The Bertz CT molecular complexity index is 684. The zero-order valence-electron chi connectivity index (χ0n) is 11.5. The van der Waals surface area contributed by atoms with Crippen LogP contribution in [0.5, 0.6) is 0 Å². The van der Waals surface area contributed by atoms with Gasteiger partial charge in [-0.05, 0) is 37.3 Å². The number of halogens is 1. The van der Waals surface area contributed by atoms with Crippen LogP contribution in [-0.4, -0.2) is 12.5 Å². The van der Waals surface area contributed by atoms with Crippen LogP contribution >= 0.6 is 0 Å². The third kappa shape index (κ3) is 3.71. The summed E-state index contributed by atoms with van der Waals surface area (Å²) in [5.74, 6) is 5.16. The van der Waals surface area contributed by atoms with Crippen molar-refractivity contribution in [2.75, 3.05) is 6.54 Å². The average Bonchev–Trinajstić information content (AvgIpc) is 2.99. The van der Waals surface area contributed by atoms with Crippen molar-refractivity contribution in [1.82, 2.24) is 5.32 Å². The van der Waals surface area contributed by atoms with Gasteiger partial charge in [0.05, 0.1) is 24.4 Å². The maximum atomic E-state index is 13.3. The Balaban J connectivity index is 2.22. The smallest absolute Gasteiger partial charge is 0.253 e. The molecule has 0 radical (unpaired) electrons. The molecule has 3 N–H and O–H groups in total. The van der Waals surface area contributed by atoms with Crippen LogP contribution in [0.25, 0.3) is 0 Å². The van der Waals surface area contributed by atoms with Gasteiger partial charge in [0.2, 0.25) is 0 Å². The largest absolute Gasteiger partial charge is 0.467 e. The summed E-state index contributed by atoms with van der Waals surface area (Å²) in [6.07, 6.45) is 1.54. The second kappa shape index (κ2) is 6.73. The van der Waals surface area contributed by atoms with E-state index in [1.807, 2.05) is 0 Å². The van der Waals surface area contributed by atoms with Crippen molar-refractivity contribution in [3.8, 4) is 11.8 Å². The normalized spacial score (nSPS) is 11.4. The molecule has 4 nitrogen and oxygen atoms in total. The second-order valence-corrected chi connectivity index (χ2v) is 4.41. The summed E-state index contributed by atoms with van der Waals surface area (Å²) in [7, 11) is 0. The molecule has 21 heavy (non-hydrogen) atoms. The first-order valence-corrected chi connectivity index (χ1v) is 6.44. The maximum absolute atomic E-state index is 13.3. The van der Waals surface area contributed by atoms with E-state index in [1.54, 1.807) is 19.1 Å². The molecule has 2 rings (SSSR count). The Hall–Kier alpha value is -2.58. The number of carbonyl (C=O) groups excluding carboxylic acids is 1. The van der Waals surface area contributed by atoms with Gasteiger partial charge < -0.3 is 15.5 Å². The number of rotatable bonds is 3. The Morgan fingerprint density at radius 3 is 2.95 bits per heavy atom. The minimum absolute atomic E-state index is 0.139. The molecule has 1 atom stereocenters. The Morgan fingerprint density at radius 2 is 2.29 bits per heavy atom. The van der Waals surface area contributed by atoms with Gasteiger partial charge in [0.25, 0.3) is 5.91 Å². The van der Waals surface area contributed by atoms with Crippen molar-refractivity contribution in [3.63, 3.8) is 0 Å². The van der Waals surface area contributed by atoms with E-state index in [1.165, 1.54) is 24.5 Å². The highest BCUT2D eigenvalue weighted by atomic mass is 19.1. The predicted octanol–water partition coefficient (Wildman–Crippen LogP) is 2.22. The number of nitrogens with one attached hydrogen (secondary N) is 1. The Kier molecular flexibility index (Phi) is 4.75. The molecule has 1 unspecified atom stereocenters. The molecule has 5 heteroatoms. The van der Waals surface area contributed by atoms with Crippen molar-refractivity contribution in [3.05, 3.63) is 59.3 Å². The lowest BCUT2D eigenvalue weighted by atomic mass is 10.1. The molecular weight excluding hydrogens is 271 g/mol. The Labute approximate surface area is 122 Å². The number of hydrogen-bond donors (Lipinski definition) is 2. The van der Waals surface area contributed by atoms with Crippen LogP contribution in [-0.2, 0) is 0 Å². The van der Waals surface area contributed by atoms with Gasteiger partial charge in [-0.3, -0.25) is 4.79 Å². The molecule has 1 heterocycles. The van der Waals surface area contributed by atoms with E-state index in [2.05, 4.69) is 17.2 Å². The molecule has 0 bridgehead atoms. The molecule has 108 valence electrons. The number of benzene rings is 1. The summed E-state index contributed by atoms with van der Waals surface area (Å²) in [4.78, 5) is 12.3. The quantitative estimate of drug-likeness (QED) is 0.850. The second-order valence-electron chi connectivity index (χ2n) is 4.41. The number of carbonyl (C=O) groups is 1. The van der Waals surface area contributed by atoms with Crippen LogP contribution in [0.3, 0.4) is 0 Å². The van der Waals surface area contributed by atoms with Crippen molar-refractivity contribution >= 4 is 5.91 Å². The zero-order chi connectivity index (χ0) is 15.2. The molecule has 0 spiro atoms. The van der Waals surface area contributed by atoms with Gasteiger partial charge in [-0.1, -0.05) is 11.8 Å². The standard InChI is InChI=1S/C16H15FN2O2/c1-11(15-5-3-9-21-15)19-16(20)14-7-6-13(17)10-12(14)4-2-8-18/h3,5-7,9-11H,8,18H2,1H3,(H,19,20). The maximum Gasteiger partial charge on any atom is 0.253 e. The summed E-state index contributed by atoms with van der Waals surface area (Å²) >= 11 is 0. The molecule has 0 aliphatic carbocycles. The van der Waals surface area contributed by atoms with Gasteiger partial charge in [0, 0.05) is 5.56 Å². The Morgan fingerprint density at radius 1 is 1.48 bits per heavy atom. The lowest BCUT2D eigenvalue weighted by Gasteiger charge is -2.12. The minimum Gasteiger partial charge on any atom is -0.467 e. The molecule has 1 aromatic heterocycles. The van der Waals surface area contributed by atoms with Crippen molar-refractivity contribution in [2.45, 2.75) is 13.0 Å². The van der Waals surface area contributed by atoms with Gasteiger partial charge in [0.1, 0.15) is 11.6 Å². The molecule has 2 aromatic rings. The van der Waals surface area contributed by atoms with E-state index >= 15 is 0 Å². The number of hydrogen-bond acceptors (Lipinski definition) is 3. The van der Waals surface area contributed by atoms with Crippen molar-refractivity contribution in [2.24, 2.45) is 5.73 Å². The van der Waals surface area contributed by atoms with E-state index in [0.29, 0.717) is 16.9 Å². The number of nitrogens with two attached hydrogens (primary N) is 1. The van der Waals surface area contributed by atoms with Gasteiger partial charge in [0.15, 0.2) is 0 Å². The summed E-state index contributed by atoms with van der Waals surface area (Å²) in [6.45, 7) is 1.94. The molecule has 0 fully saturated rings. The highest BCUT2D eigenvalue weighted by Crippen LogP contribution is 2.15. The first-order chi connectivity index (χ1) is 10.1. The number of amides is 1. The monoisotopic (exact) mass is 286 g/mol. The van der Waals surface area contributed by atoms with Gasteiger partial charge in [-0.2, -0.15) is 0 Å². The fourth-order valence-corrected chi connectivity index (χ4v) is 1.85. The van der Waals surface area contributed by atoms with E-state index < -0.39 is 5.82 Å². The zero-order valence-corrected chi connectivity index (χ0v) is 11.5. The van der Waals surface area contributed by atoms with Crippen LogP contribution in [0, 0.1) is 17.7 Å². The number of furan rings is 1. The molecule has 0 aliphatic rings. The van der Waals surface area contributed by atoms with Crippen molar-refractivity contribution in [1.29, 1.82) is 0 Å². The summed E-state index contributed by atoms with van der Waals surface area (Å²) in [5.41, 5.74) is 5.92. The van der Waals surface area contributed by atoms with Crippen LogP contribution in [0.4, 0.5) is 4.39 Å². The van der Waals surface area contributed by atoms with Crippen LogP contribution in [0.1, 0.15) is 34.6 Å². The minimum atomic E-state index is -0.452. The van der Waals surface area contributed by atoms with E-state index in [9.17, 15) is 9.18 Å². The van der Waals surface area contributed by atoms with Crippen LogP contribution in [0.15, 0.2) is 41.0 Å². The topological polar surface area (TPSA) is 68.3 Å². The predicted molar refractivity (Wildman–Crippen MR) is 76.9 cm³/mol. The van der Waals surface area contributed by atoms with E-state index in [4.69, 9.17) is 10.2 Å². The lowest BCUT2D eigenvalue weighted by molar-refractivity contribution is 0.0935. The molecule has 1 amide bonds. The molecule has 1 aromatic carbocycles. The fourth-order valence-electron chi connectivity index (χ4n) is 1.85. The van der Waals surface area contributed by atoms with Crippen LogP contribution < -0.4 is 11.1 Å². The third-order valence-electron chi connectivity index (χ3n) is 2.87. The summed E-state index contributed by atoms with van der Waals surface area (Å²) in [6, 6.07) is 7.06. The summed E-state index contributed by atoms with van der Waals surface area (Å²) in [5, 5.41) is 2.78. The molecule has 0 saturated carbocycles. The third-order valence-corrected chi connectivity index (χ3v) is 2.87. The van der Waals surface area contributed by atoms with Crippen LogP contribution in [0.2, 0.25) is 0 Å². The summed E-state index contributed by atoms with van der Waals surface area (Å²) < 4.78 is 18.5. The fraction of sp³-hybridized carbons (Fsp3) is 0.188. The highest BCUT2D eigenvalue weighted by Gasteiger charge is 2.16.